The Labute approximate surface area is 106 Å². The van der Waals surface area contributed by atoms with Gasteiger partial charge in [0.2, 0.25) is 0 Å². The van der Waals surface area contributed by atoms with Gasteiger partial charge >= 0.3 is 0 Å². The van der Waals surface area contributed by atoms with E-state index in [1.807, 2.05) is 11.3 Å². The zero-order chi connectivity index (χ0) is 11.7. The smallest absolute Gasteiger partial charge is 0.0938 e. The Morgan fingerprint density at radius 2 is 2.41 bits per heavy atom. The van der Waals surface area contributed by atoms with E-state index in [2.05, 4.69) is 30.4 Å². The summed E-state index contributed by atoms with van der Waals surface area (Å²) in [5, 5.41) is 4.73. The van der Waals surface area contributed by atoms with Gasteiger partial charge in [-0.3, -0.25) is 0 Å². The third kappa shape index (κ3) is 2.50. The lowest BCUT2D eigenvalue weighted by Crippen LogP contribution is -2.09. The van der Waals surface area contributed by atoms with Gasteiger partial charge in [-0.05, 0) is 62.9 Å². The summed E-state index contributed by atoms with van der Waals surface area (Å²) in [6.07, 6.45) is 3.76. The van der Waals surface area contributed by atoms with E-state index in [0.717, 1.165) is 12.3 Å². The van der Waals surface area contributed by atoms with Crippen molar-refractivity contribution in [3.63, 3.8) is 0 Å². The van der Waals surface area contributed by atoms with E-state index in [-0.39, 0.29) is 0 Å². The second-order valence-corrected chi connectivity index (χ2v) is 6.09. The Morgan fingerprint density at radius 1 is 1.47 bits per heavy atom. The molecule has 1 fully saturated rings. The minimum Gasteiger partial charge on any atom is -0.316 e. The molecule has 0 aliphatic carbocycles. The van der Waals surface area contributed by atoms with Crippen molar-refractivity contribution < 1.29 is 0 Å². The molecule has 1 N–H and O–H groups in total. The van der Waals surface area contributed by atoms with Crippen LogP contribution in [0, 0.1) is 12.8 Å². The first-order chi connectivity index (χ1) is 8.31. The normalized spacial score (nSPS) is 20.2. The monoisotopic (exact) mass is 246 g/mol. The van der Waals surface area contributed by atoms with Crippen LogP contribution in [-0.4, -0.2) is 18.1 Å². The van der Waals surface area contributed by atoms with Crippen LogP contribution in [0.15, 0.2) is 18.2 Å². The Kier molecular flexibility index (Phi) is 3.12. The molecule has 0 amide bonds. The van der Waals surface area contributed by atoms with E-state index in [9.17, 15) is 0 Å². The van der Waals surface area contributed by atoms with Crippen molar-refractivity contribution in [2.24, 2.45) is 5.92 Å². The van der Waals surface area contributed by atoms with Gasteiger partial charge in [0.05, 0.1) is 15.2 Å². The number of hydrogen-bond acceptors (Lipinski definition) is 3. The van der Waals surface area contributed by atoms with E-state index < -0.39 is 0 Å². The summed E-state index contributed by atoms with van der Waals surface area (Å²) in [5.41, 5.74) is 2.49. The Hall–Kier alpha value is -0.930. The van der Waals surface area contributed by atoms with Gasteiger partial charge in [0.1, 0.15) is 0 Å². The van der Waals surface area contributed by atoms with Gasteiger partial charge < -0.3 is 5.32 Å². The van der Waals surface area contributed by atoms with Crippen molar-refractivity contribution in [3.8, 4) is 0 Å². The molecular weight excluding hydrogens is 228 g/mol. The number of hydrogen-bond donors (Lipinski definition) is 1. The van der Waals surface area contributed by atoms with E-state index in [1.54, 1.807) is 0 Å². The molecule has 1 unspecified atom stereocenters. The maximum atomic E-state index is 4.71. The molecule has 3 rings (SSSR count). The fourth-order valence-corrected chi connectivity index (χ4v) is 3.56. The predicted octanol–water partition coefficient (Wildman–Crippen LogP) is 3.15. The highest BCUT2D eigenvalue weighted by Gasteiger charge is 2.15. The third-order valence-corrected chi connectivity index (χ3v) is 4.59. The lowest BCUT2D eigenvalue weighted by atomic mass is 10.0. The molecule has 3 heteroatoms. The van der Waals surface area contributed by atoms with Crippen molar-refractivity contribution >= 4 is 21.6 Å². The molecule has 1 atom stereocenters. The summed E-state index contributed by atoms with van der Waals surface area (Å²) in [4.78, 5) is 4.71. The molecule has 2 aromatic rings. The second kappa shape index (κ2) is 4.75. The maximum absolute atomic E-state index is 4.71. The molecule has 17 heavy (non-hydrogen) atoms. The van der Waals surface area contributed by atoms with Crippen LogP contribution in [-0.2, 0) is 6.42 Å². The number of nitrogens with one attached hydrogen (secondary N) is 1. The highest BCUT2D eigenvalue weighted by atomic mass is 32.1. The van der Waals surface area contributed by atoms with Crippen LogP contribution in [0.3, 0.4) is 0 Å². The quantitative estimate of drug-likeness (QED) is 0.900. The second-order valence-electron chi connectivity index (χ2n) is 4.98. The summed E-state index contributed by atoms with van der Waals surface area (Å²) in [7, 11) is 0. The van der Waals surface area contributed by atoms with E-state index in [1.165, 1.54) is 46.7 Å². The average Bonchev–Trinajstić information content (AvgIpc) is 2.94. The van der Waals surface area contributed by atoms with Crippen LogP contribution in [0.1, 0.15) is 23.4 Å². The van der Waals surface area contributed by atoms with Gasteiger partial charge in [0, 0.05) is 0 Å². The summed E-state index contributed by atoms with van der Waals surface area (Å²) in [6, 6.07) is 6.53. The van der Waals surface area contributed by atoms with Crippen molar-refractivity contribution in [3.05, 3.63) is 28.8 Å². The van der Waals surface area contributed by atoms with Gasteiger partial charge in [0.15, 0.2) is 0 Å². The molecule has 1 aliphatic heterocycles. The fraction of sp³-hybridized carbons (Fsp3) is 0.500. The highest BCUT2D eigenvalue weighted by molar-refractivity contribution is 7.18. The molecule has 1 aliphatic rings. The van der Waals surface area contributed by atoms with E-state index in [4.69, 9.17) is 4.98 Å². The average molecular weight is 246 g/mol. The highest BCUT2D eigenvalue weighted by Crippen LogP contribution is 2.25. The van der Waals surface area contributed by atoms with Crippen LogP contribution >= 0.6 is 11.3 Å². The first-order valence-electron chi connectivity index (χ1n) is 6.38. The Balaban J connectivity index is 1.72. The lowest BCUT2D eigenvalue weighted by Gasteiger charge is -2.04. The van der Waals surface area contributed by atoms with Crippen molar-refractivity contribution in [2.75, 3.05) is 13.1 Å². The van der Waals surface area contributed by atoms with Gasteiger partial charge in [-0.15, -0.1) is 11.3 Å². The Morgan fingerprint density at radius 3 is 3.24 bits per heavy atom. The molecule has 1 aromatic heterocycles. The van der Waals surface area contributed by atoms with Crippen LogP contribution < -0.4 is 5.32 Å². The molecule has 0 radical (unpaired) electrons. The minimum absolute atomic E-state index is 0.865. The van der Waals surface area contributed by atoms with Gasteiger partial charge in [-0.25, -0.2) is 4.98 Å². The molecule has 2 nitrogen and oxygen atoms in total. The molecule has 1 aromatic carbocycles. The summed E-state index contributed by atoms with van der Waals surface area (Å²) in [6.45, 7) is 4.54. The summed E-state index contributed by atoms with van der Waals surface area (Å²) >= 11 is 1.86. The molecular formula is C14H18N2S. The number of aryl methyl sites for hydroxylation is 2. The van der Waals surface area contributed by atoms with Gasteiger partial charge in [0.25, 0.3) is 0 Å². The molecule has 0 spiro atoms. The SMILES string of the molecule is Cc1ccc2nc(CCC3CCNC3)sc2c1. The fourth-order valence-electron chi connectivity index (χ4n) is 2.47. The summed E-state index contributed by atoms with van der Waals surface area (Å²) in [5.74, 6) is 0.865. The number of thiazole rings is 1. The Bertz CT molecular complexity index is 512. The molecule has 90 valence electrons. The lowest BCUT2D eigenvalue weighted by molar-refractivity contribution is 0.532. The third-order valence-electron chi connectivity index (χ3n) is 3.52. The standard InChI is InChI=1S/C14H18N2S/c1-10-2-4-12-13(8-10)17-14(16-12)5-3-11-6-7-15-9-11/h2,4,8,11,15H,3,5-7,9H2,1H3. The zero-order valence-electron chi connectivity index (χ0n) is 10.2. The van der Waals surface area contributed by atoms with Crippen molar-refractivity contribution in [2.45, 2.75) is 26.2 Å². The minimum atomic E-state index is 0.865. The van der Waals surface area contributed by atoms with E-state index in [0.29, 0.717) is 0 Å². The summed E-state index contributed by atoms with van der Waals surface area (Å²) < 4.78 is 1.34. The van der Waals surface area contributed by atoms with Crippen molar-refractivity contribution in [1.82, 2.24) is 10.3 Å². The number of nitrogens with zero attached hydrogens (tertiary/aromatic N) is 1. The van der Waals surface area contributed by atoms with Crippen LogP contribution in [0.25, 0.3) is 10.2 Å². The molecule has 0 bridgehead atoms. The van der Waals surface area contributed by atoms with Gasteiger partial charge in [-0.1, -0.05) is 6.07 Å². The number of rotatable bonds is 3. The first kappa shape index (κ1) is 11.2. The topological polar surface area (TPSA) is 24.9 Å². The zero-order valence-corrected chi connectivity index (χ0v) is 11.0. The number of benzene rings is 1. The van der Waals surface area contributed by atoms with Gasteiger partial charge in [-0.2, -0.15) is 0 Å². The molecule has 0 saturated carbocycles. The predicted molar refractivity (Wildman–Crippen MR) is 73.7 cm³/mol. The van der Waals surface area contributed by atoms with Crippen LogP contribution in [0.2, 0.25) is 0 Å². The number of fused-ring (bicyclic) bond motifs is 1. The molecule has 1 saturated heterocycles. The largest absolute Gasteiger partial charge is 0.316 e. The molecule has 2 heterocycles. The van der Waals surface area contributed by atoms with Crippen LogP contribution in [0.4, 0.5) is 0 Å². The van der Waals surface area contributed by atoms with E-state index >= 15 is 0 Å². The number of aromatic nitrogens is 1. The first-order valence-corrected chi connectivity index (χ1v) is 7.20. The van der Waals surface area contributed by atoms with Crippen LogP contribution in [0.5, 0.6) is 0 Å². The maximum Gasteiger partial charge on any atom is 0.0938 e. The van der Waals surface area contributed by atoms with Crippen molar-refractivity contribution in [1.29, 1.82) is 0 Å².